The van der Waals surface area contributed by atoms with Crippen LogP contribution in [0.25, 0.3) is 11.0 Å². The van der Waals surface area contributed by atoms with E-state index >= 15 is 0 Å². The Bertz CT molecular complexity index is 2640. The smallest absolute Gasteiger partial charge is 0.417 e. The lowest BCUT2D eigenvalue weighted by Crippen LogP contribution is -2.59. The minimum absolute atomic E-state index is 0.0946. The molecule has 442 valence electrons. The number of amides is 6. The van der Waals surface area contributed by atoms with Crippen molar-refractivity contribution >= 4 is 87.9 Å². The van der Waals surface area contributed by atoms with E-state index in [4.69, 9.17) is 4.42 Å². The van der Waals surface area contributed by atoms with Crippen molar-refractivity contribution < 1.29 is 106 Å². The number of anilines is 1. The van der Waals surface area contributed by atoms with Gasteiger partial charge in [-0.1, -0.05) is 13.8 Å². The van der Waals surface area contributed by atoms with E-state index in [1.165, 1.54) is 23.6 Å². The molecule has 0 bridgehead atoms. The minimum Gasteiger partial charge on any atom is -0.481 e. The molecule has 4 atom stereocenters. The average molecular weight is 1150 g/mol. The third-order valence-corrected chi connectivity index (χ3v) is 11.9. The van der Waals surface area contributed by atoms with Gasteiger partial charge in [0, 0.05) is 95.0 Å². The van der Waals surface area contributed by atoms with Crippen LogP contribution in [0.2, 0.25) is 0 Å². The second-order valence-corrected chi connectivity index (χ2v) is 18.7. The highest BCUT2D eigenvalue weighted by Gasteiger charge is 2.36. The summed E-state index contributed by atoms with van der Waals surface area (Å²) in [6.45, 7) is 1.76. The van der Waals surface area contributed by atoms with E-state index in [1.807, 2.05) is 0 Å². The zero-order chi connectivity index (χ0) is 60.0. The molecule has 6 amide bonds. The van der Waals surface area contributed by atoms with Crippen LogP contribution in [0.1, 0.15) is 51.5 Å². The third kappa shape index (κ3) is 23.7. The molecule has 33 heteroatoms. The SMILES string of the molecule is CC(C)[C@H](NC(=O)[C@H](CCC(=O)O)NC(=O)[C@H](CC(=O)O)NC(=O)CCNC(=O)CN1CCN(CC(=O)O)CCN(CC(=O)O)CCN(CC(=O)O)CC1)C(=O)N[C@@H](CC(=O)O)C(=O)Nc1ccc2c(C(F)(F)F)cc(=O)oc2c1. The van der Waals surface area contributed by atoms with Gasteiger partial charge in [0.1, 0.15) is 29.8 Å². The molecule has 2 aromatic rings. The second-order valence-electron chi connectivity index (χ2n) is 18.7. The summed E-state index contributed by atoms with van der Waals surface area (Å²) in [5.41, 5.74) is -3.62. The molecular weight excluding hydrogens is 1080 g/mol. The largest absolute Gasteiger partial charge is 0.481 e. The number of halogens is 3. The molecule has 30 nitrogen and oxygen atoms in total. The lowest BCUT2D eigenvalue weighted by Gasteiger charge is -2.32. The predicted octanol–water partition coefficient (Wildman–Crippen LogP) is -2.86. The van der Waals surface area contributed by atoms with Gasteiger partial charge in [0.25, 0.3) is 0 Å². The molecule has 0 unspecified atom stereocenters. The number of carboxylic acids is 6. The highest BCUT2D eigenvalue weighted by Crippen LogP contribution is 2.34. The number of carboxylic acid groups (broad SMARTS) is 6. The van der Waals surface area contributed by atoms with E-state index in [0.29, 0.717) is 0 Å². The number of hydrogen-bond donors (Lipinski definition) is 12. The van der Waals surface area contributed by atoms with Crippen LogP contribution in [0.5, 0.6) is 0 Å². The highest BCUT2D eigenvalue weighted by molar-refractivity contribution is 6.02. The molecule has 0 saturated carbocycles. The number of nitrogens with one attached hydrogen (secondary N) is 6. The maximum Gasteiger partial charge on any atom is 0.417 e. The monoisotopic (exact) mass is 1140 g/mol. The number of rotatable bonds is 28. The normalized spacial score (nSPS) is 15.8. The van der Waals surface area contributed by atoms with Gasteiger partial charge in [0.15, 0.2) is 0 Å². The van der Waals surface area contributed by atoms with Gasteiger partial charge in [-0.3, -0.25) is 77.1 Å². The third-order valence-electron chi connectivity index (χ3n) is 11.9. The summed E-state index contributed by atoms with van der Waals surface area (Å²) in [5, 5.41) is 69.8. The number of benzene rings is 1. The van der Waals surface area contributed by atoms with Crippen LogP contribution in [0, 0.1) is 5.92 Å². The molecular formula is C47H63F3N10O20. The van der Waals surface area contributed by atoms with Crippen LogP contribution in [0.3, 0.4) is 0 Å². The zero-order valence-corrected chi connectivity index (χ0v) is 43.2. The van der Waals surface area contributed by atoms with Crippen LogP contribution in [0.4, 0.5) is 18.9 Å². The van der Waals surface area contributed by atoms with Crippen molar-refractivity contribution in [3.05, 3.63) is 40.2 Å². The lowest BCUT2D eigenvalue weighted by atomic mass is 10.0. The van der Waals surface area contributed by atoms with Crippen molar-refractivity contribution in [2.24, 2.45) is 5.92 Å². The van der Waals surface area contributed by atoms with E-state index in [9.17, 15) is 106 Å². The molecule has 1 saturated heterocycles. The Labute approximate surface area is 451 Å². The molecule has 1 fully saturated rings. The van der Waals surface area contributed by atoms with Crippen molar-refractivity contribution in [1.29, 1.82) is 0 Å². The number of carbonyl (C=O) groups is 12. The zero-order valence-electron chi connectivity index (χ0n) is 43.2. The van der Waals surface area contributed by atoms with Gasteiger partial charge < -0.3 is 67.0 Å². The summed E-state index contributed by atoms with van der Waals surface area (Å²) in [4.78, 5) is 169. The fourth-order valence-electron chi connectivity index (χ4n) is 7.96. The van der Waals surface area contributed by atoms with Crippen molar-refractivity contribution in [2.75, 3.05) is 90.4 Å². The first kappa shape index (κ1) is 66.0. The Morgan fingerprint density at radius 1 is 0.550 bits per heavy atom. The van der Waals surface area contributed by atoms with E-state index in [0.717, 1.165) is 18.2 Å². The molecule has 0 radical (unpaired) electrons. The summed E-state index contributed by atoms with van der Waals surface area (Å²) < 4.78 is 45.6. The second kappa shape index (κ2) is 31.3. The molecule has 1 aliphatic heterocycles. The Kier molecular flexibility index (Phi) is 25.8. The maximum absolute atomic E-state index is 13.7. The summed E-state index contributed by atoms with van der Waals surface area (Å²) in [5.74, 6) is -15.7. The van der Waals surface area contributed by atoms with Gasteiger partial charge >= 0.3 is 47.6 Å². The van der Waals surface area contributed by atoms with Crippen LogP contribution >= 0.6 is 0 Å². The summed E-state index contributed by atoms with van der Waals surface area (Å²) in [6.07, 6.45) is -9.19. The van der Waals surface area contributed by atoms with Gasteiger partial charge in [0.2, 0.25) is 35.4 Å². The maximum atomic E-state index is 13.7. The Morgan fingerprint density at radius 3 is 1.46 bits per heavy atom. The van der Waals surface area contributed by atoms with Gasteiger partial charge in [0.05, 0.1) is 44.6 Å². The summed E-state index contributed by atoms with van der Waals surface area (Å²) >= 11 is 0. The first-order valence-electron chi connectivity index (χ1n) is 24.5. The molecule has 0 spiro atoms. The van der Waals surface area contributed by atoms with E-state index in [2.05, 4.69) is 31.9 Å². The Morgan fingerprint density at radius 2 is 1.01 bits per heavy atom. The molecule has 80 heavy (non-hydrogen) atoms. The summed E-state index contributed by atoms with van der Waals surface area (Å²) in [6, 6.07) is -4.48. The van der Waals surface area contributed by atoms with Crippen molar-refractivity contribution in [3.63, 3.8) is 0 Å². The molecule has 3 rings (SSSR count). The standard InChI is InChI=1S/C47H63F3N10O20/c1-25(2)42(46(79)55-31(20-37(67)68)44(77)52-26-3-4-27-28(47(48,49)50)18-41(75)80-32(27)17-26)56-43(76)29(5-6-35(63)64)54-45(78)30(19-36(65)66)53-33(61)7-8-51-34(62)21-57-9-11-58(22-38(69)70)13-15-60(24-40(73)74)16-14-59(12-10-57)23-39(71)72/h3-4,17-18,25,29-31,42H,5-16,19-24H2,1-2H3,(H,51,62)(H,52,77)(H,53,61)(H,54,78)(H,55,79)(H,56,76)(H,63,64)(H,65,66)(H,67,68)(H,69,70)(H,71,72)(H,73,74)/t29-,30-,31-,42-/m0/s1. The van der Waals surface area contributed by atoms with Crippen molar-refractivity contribution in [3.8, 4) is 0 Å². The number of nitrogens with zero attached hydrogens (tertiary/aromatic N) is 4. The summed E-state index contributed by atoms with van der Waals surface area (Å²) in [7, 11) is 0. The average Bonchev–Trinajstić information content (AvgIpc) is 3.33. The number of carbonyl (C=O) groups excluding carboxylic acids is 6. The quantitative estimate of drug-likeness (QED) is 0.0381. The number of alkyl halides is 3. The molecule has 0 aliphatic carbocycles. The van der Waals surface area contributed by atoms with Crippen LogP contribution in [0.15, 0.2) is 33.5 Å². The molecule has 12 N–H and O–H groups in total. The van der Waals surface area contributed by atoms with Crippen LogP contribution < -0.4 is 37.5 Å². The number of fused-ring (bicyclic) bond motifs is 1. The van der Waals surface area contributed by atoms with Gasteiger partial charge in [-0.15, -0.1) is 0 Å². The predicted molar refractivity (Wildman–Crippen MR) is 266 cm³/mol. The van der Waals surface area contributed by atoms with Crippen LogP contribution in [-0.4, -0.2) is 231 Å². The molecule has 1 aliphatic rings. The Balaban J connectivity index is 1.70. The molecule has 1 aromatic carbocycles. The van der Waals surface area contributed by atoms with E-state index in [-0.39, 0.29) is 83.7 Å². The van der Waals surface area contributed by atoms with Gasteiger partial charge in [-0.2, -0.15) is 13.2 Å². The van der Waals surface area contributed by atoms with Crippen LogP contribution in [-0.2, 0) is 63.7 Å². The van der Waals surface area contributed by atoms with Gasteiger partial charge in [-0.05, 0) is 24.5 Å². The van der Waals surface area contributed by atoms with Crippen molar-refractivity contribution in [2.45, 2.75) is 76.3 Å². The van der Waals surface area contributed by atoms with E-state index < -0.39 is 175 Å². The minimum atomic E-state index is -4.97. The molecule has 1 aromatic heterocycles. The lowest BCUT2D eigenvalue weighted by molar-refractivity contribution is -0.142. The Hall–Kier alpha value is -8.30. The number of hydrogen-bond acceptors (Lipinski definition) is 18. The first-order valence-corrected chi connectivity index (χ1v) is 24.5. The topological polar surface area (TPSA) is 442 Å². The first-order chi connectivity index (χ1) is 37.4. The van der Waals surface area contributed by atoms with Gasteiger partial charge in [-0.25, -0.2) is 4.79 Å². The fourth-order valence-corrected chi connectivity index (χ4v) is 7.96. The van der Waals surface area contributed by atoms with E-state index in [1.54, 1.807) is 9.80 Å². The fraction of sp³-hybridized carbons (Fsp3) is 0.553. The van der Waals surface area contributed by atoms with Crippen molar-refractivity contribution in [1.82, 2.24) is 46.2 Å². The highest BCUT2D eigenvalue weighted by atomic mass is 19.4. The number of aliphatic carboxylic acids is 6. The molecule has 2 heterocycles.